The number of aliphatic carboxylic acids is 1. The number of hydrogen-bond acceptors (Lipinski definition) is 2. The predicted octanol–water partition coefficient (Wildman–Crippen LogP) is 3.58. The Balaban J connectivity index is 2.41. The molecule has 1 aromatic heterocycles. The van der Waals surface area contributed by atoms with Gasteiger partial charge in [-0.2, -0.15) is 5.10 Å². The molecule has 4 heteroatoms. The molecule has 21 heavy (non-hydrogen) atoms. The Labute approximate surface area is 124 Å². The molecule has 1 heterocycles. The van der Waals surface area contributed by atoms with E-state index in [1.165, 1.54) is 6.08 Å². The molecule has 0 fully saturated rings. The first-order chi connectivity index (χ1) is 9.93. The number of allylic oxidation sites excluding steroid dienone is 1. The average molecular weight is 284 g/mol. The Kier molecular flexibility index (Phi) is 4.26. The Morgan fingerprint density at radius 2 is 1.90 bits per heavy atom. The number of benzene rings is 1. The third kappa shape index (κ3) is 3.05. The Morgan fingerprint density at radius 1 is 1.29 bits per heavy atom. The van der Waals surface area contributed by atoms with Gasteiger partial charge >= 0.3 is 5.97 Å². The highest BCUT2D eigenvalue weighted by Gasteiger charge is 2.11. The molecule has 0 unspecified atom stereocenters. The normalized spacial score (nSPS) is 11.7. The summed E-state index contributed by atoms with van der Waals surface area (Å²) < 4.78 is 1.88. The van der Waals surface area contributed by atoms with Gasteiger partial charge < -0.3 is 5.11 Å². The van der Waals surface area contributed by atoms with Crippen LogP contribution in [0.2, 0.25) is 0 Å². The molecule has 2 rings (SSSR count). The molecule has 2 aromatic rings. The van der Waals surface area contributed by atoms with Gasteiger partial charge in [0.05, 0.1) is 5.69 Å². The molecule has 0 radical (unpaired) electrons. The van der Waals surface area contributed by atoms with E-state index in [4.69, 9.17) is 5.11 Å². The molecule has 0 atom stereocenters. The van der Waals surface area contributed by atoms with Crippen molar-refractivity contribution in [3.63, 3.8) is 0 Å². The standard InChI is InChI=1S/C17H20N2O2/c1-5-13(10-16(20)21)14-6-8-15(9-7-14)17-11(2)18-19(4)12(17)3/h6-10H,5H2,1-4H3,(H,20,21)/b13-10+. The van der Waals surface area contributed by atoms with E-state index in [1.54, 1.807) is 0 Å². The number of aromatic nitrogens is 2. The van der Waals surface area contributed by atoms with Gasteiger partial charge in [-0.1, -0.05) is 31.2 Å². The first kappa shape index (κ1) is 15.0. The monoisotopic (exact) mass is 284 g/mol. The maximum absolute atomic E-state index is 10.8. The molecule has 1 N–H and O–H groups in total. The van der Waals surface area contributed by atoms with E-state index in [-0.39, 0.29) is 0 Å². The number of aryl methyl sites for hydroxylation is 2. The van der Waals surface area contributed by atoms with Crippen LogP contribution in [0.25, 0.3) is 16.7 Å². The molecule has 0 bridgehead atoms. The van der Waals surface area contributed by atoms with E-state index >= 15 is 0 Å². The fourth-order valence-electron chi connectivity index (χ4n) is 2.58. The van der Waals surface area contributed by atoms with E-state index in [0.29, 0.717) is 6.42 Å². The van der Waals surface area contributed by atoms with Gasteiger partial charge in [-0.3, -0.25) is 4.68 Å². The molecule has 0 saturated carbocycles. The van der Waals surface area contributed by atoms with Gasteiger partial charge in [0.15, 0.2) is 0 Å². The lowest BCUT2D eigenvalue weighted by Gasteiger charge is -2.07. The predicted molar refractivity (Wildman–Crippen MR) is 84.0 cm³/mol. The number of nitrogens with zero attached hydrogens (tertiary/aromatic N) is 2. The fraction of sp³-hybridized carbons (Fsp3) is 0.294. The van der Waals surface area contributed by atoms with Crippen molar-refractivity contribution in [3.05, 3.63) is 47.3 Å². The van der Waals surface area contributed by atoms with Gasteiger partial charge in [0.1, 0.15) is 0 Å². The lowest BCUT2D eigenvalue weighted by molar-refractivity contribution is -0.131. The van der Waals surface area contributed by atoms with Crippen LogP contribution >= 0.6 is 0 Å². The van der Waals surface area contributed by atoms with Crippen LogP contribution in [0.5, 0.6) is 0 Å². The molecule has 110 valence electrons. The zero-order valence-electron chi connectivity index (χ0n) is 12.8. The molecule has 0 amide bonds. The van der Waals surface area contributed by atoms with Crippen molar-refractivity contribution < 1.29 is 9.90 Å². The minimum Gasteiger partial charge on any atom is -0.478 e. The molecular weight excluding hydrogens is 264 g/mol. The number of rotatable bonds is 4. The summed E-state index contributed by atoms with van der Waals surface area (Å²) in [4.78, 5) is 10.8. The van der Waals surface area contributed by atoms with Crippen LogP contribution in [0.1, 0.15) is 30.3 Å². The number of carbonyl (C=O) groups is 1. The van der Waals surface area contributed by atoms with E-state index < -0.39 is 5.97 Å². The quantitative estimate of drug-likeness (QED) is 0.873. The molecule has 0 aliphatic rings. The topological polar surface area (TPSA) is 55.1 Å². The Bertz CT molecular complexity index is 694. The second kappa shape index (κ2) is 5.95. The molecule has 4 nitrogen and oxygen atoms in total. The van der Waals surface area contributed by atoms with Crippen LogP contribution in [0.4, 0.5) is 0 Å². The minimum absolute atomic E-state index is 0.691. The summed E-state index contributed by atoms with van der Waals surface area (Å²) in [5.74, 6) is -0.908. The van der Waals surface area contributed by atoms with Crippen molar-refractivity contribution in [1.29, 1.82) is 0 Å². The van der Waals surface area contributed by atoms with E-state index in [2.05, 4.69) is 5.10 Å². The highest BCUT2D eigenvalue weighted by molar-refractivity contribution is 5.90. The third-order valence-corrected chi connectivity index (χ3v) is 3.73. The third-order valence-electron chi connectivity index (χ3n) is 3.73. The van der Waals surface area contributed by atoms with Gasteiger partial charge in [-0.05, 0) is 37.0 Å². The van der Waals surface area contributed by atoms with Crippen LogP contribution in [-0.2, 0) is 11.8 Å². The SMILES string of the molecule is CC/C(=C\C(=O)O)c1ccc(-c2c(C)nn(C)c2C)cc1. The van der Waals surface area contributed by atoms with Crippen molar-refractivity contribution >= 4 is 11.5 Å². The number of carboxylic acid groups (broad SMARTS) is 1. The summed E-state index contributed by atoms with van der Waals surface area (Å²) in [6.07, 6.45) is 1.96. The van der Waals surface area contributed by atoms with E-state index in [0.717, 1.165) is 33.7 Å². The lowest BCUT2D eigenvalue weighted by Crippen LogP contribution is -1.93. The lowest BCUT2D eigenvalue weighted by atomic mass is 9.98. The summed E-state index contributed by atoms with van der Waals surface area (Å²) in [6, 6.07) is 7.99. The van der Waals surface area contributed by atoms with Crippen LogP contribution in [0.3, 0.4) is 0 Å². The minimum atomic E-state index is -0.908. The molecule has 0 aliphatic carbocycles. The van der Waals surface area contributed by atoms with Gasteiger partial charge in [-0.25, -0.2) is 4.79 Å². The zero-order valence-corrected chi connectivity index (χ0v) is 12.8. The molecule has 0 saturated heterocycles. The average Bonchev–Trinajstić information content (AvgIpc) is 2.70. The summed E-state index contributed by atoms with van der Waals surface area (Å²) in [5, 5.41) is 13.3. The highest BCUT2D eigenvalue weighted by atomic mass is 16.4. The molecule has 0 spiro atoms. The summed E-state index contributed by atoms with van der Waals surface area (Å²) >= 11 is 0. The smallest absolute Gasteiger partial charge is 0.328 e. The van der Waals surface area contributed by atoms with E-state index in [1.807, 2.05) is 56.8 Å². The van der Waals surface area contributed by atoms with Crippen molar-refractivity contribution in [2.45, 2.75) is 27.2 Å². The molecular formula is C17H20N2O2. The van der Waals surface area contributed by atoms with Crippen LogP contribution < -0.4 is 0 Å². The second-order valence-corrected chi connectivity index (χ2v) is 5.11. The summed E-state index contributed by atoms with van der Waals surface area (Å²) in [6.45, 7) is 6.00. The van der Waals surface area contributed by atoms with Crippen molar-refractivity contribution in [1.82, 2.24) is 9.78 Å². The van der Waals surface area contributed by atoms with Crippen LogP contribution in [0, 0.1) is 13.8 Å². The summed E-state index contributed by atoms with van der Waals surface area (Å²) in [5.41, 5.74) is 6.14. The maximum atomic E-state index is 10.8. The Hall–Kier alpha value is -2.36. The zero-order chi connectivity index (χ0) is 15.6. The first-order valence-corrected chi connectivity index (χ1v) is 6.98. The number of carboxylic acids is 1. The highest BCUT2D eigenvalue weighted by Crippen LogP contribution is 2.28. The van der Waals surface area contributed by atoms with Crippen LogP contribution in [-0.4, -0.2) is 20.9 Å². The van der Waals surface area contributed by atoms with Gasteiger partial charge in [-0.15, -0.1) is 0 Å². The second-order valence-electron chi connectivity index (χ2n) is 5.11. The van der Waals surface area contributed by atoms with Crippen molar-refractivity contribution in [2.75, 3.05) is 0 Å². The van der Waals surface area contributed by atoms with Gasteiger partial charge in [0.2, 0.25) is 0 Å². The fourth-order valence-corrected chi connectivity index (χ4v) is 2.58. The largest absolute Gasteiger partial charge is 0.478 e. The van der Waals surface area contributed by atoms with Crippen LogP contribution in [0.15, 0.2) is 30.3 Å². The van der Waals surface area contributed by atoms with Gasteiger partial charge in [0.25, 0.3) is 0 Å². The number of hydrogen-bond donors (Lipinski definition) is 1. The first-order valence-electron chi connectivity index (χ1n) is 6.98. The molecule has 0 aliphatic heterocycles. The van der Waals surface area contributed by atoms with Crippen molar-refractivity contribution in [2.24, 2.45) is 7.05 Å². The van der Waals surface area contributed by atoms with Gasteiger partial charge in [0, 0.05) is 24.4 Å². The maximum Gasteiger partial charge on any atom is 0.328 e. The Morgan fingerprint density at radius 3 is 2.33 bits per heavy atom. The van der Waals surface area contributed by atoms with Crippen molar-refractivity contribution in [3.8, 4) is 11.1 Å². The molecule has 1 aromatic carbocycles. The van der Waals surface area contributed by atoms with E-state index in [9.17, 15) is 4.79 Å². The summed E-state index contributed by atoms with van der Waals surface area (Å²) in [7, 11) is 1.94.